The second-order valence-electron chi connectivity index (χ2n) is 7.36. The van der Waals surface area contributed by atoms with E-state index in [0.29, 0.717) is 18.4 Å². The first-order valence-electron chi connectivity index (χ1n) is 8.97. The van der Waals surface area contributed by atoms with Crippen molar-refractivity contribution in [1.29, 1.82) is 0 Å². The molecular formula is C18H26N4O2S. The summed E-state index contributed by atoms with van der Waals surface area (Å²) >= 11 is 1.52. The molecule has 2 aromatic heterocycles. The molecule has 1 amide bonds. The second kappa shape index (κ2) is 7.23. The van der Waals surface area contributed by atoms with Gasteiger partial charge in [-0.2, -0.15) is 4.98 Å². The molecule has 0 N–H and O–H groups in total. The van der Waals surface area contributed by atoms with Crippen molar-refractivity contribution >= 4 is 17.2 Å². The summed E-state index contributed by atoms with van der Waals surface area (Å²) in [5.74, 6) is 2.18. The van der Waals surface area contributed by atoms with Crippen LogP contribution in [0.1, 0.15) is 90.4 Å². The summed E-state index contributed by atoms with van der Waals surface area (Å²) in [5.41, 5.74) is 0.834. The van der Waals surface area contributed by atoms with Crippen molar-refractivity contribution in [2.45, 2.75) is 65.2 Å². The minimum atomic E-state index is 0.0789. The van der Waals surface area contributed by atoms with E-state index in [0.717, 1.165) is 40.8 Å². The van der Waals surface area contributed by atoms with Gasteiger partial charge in [0.1, 0.15) is 4.88 Å². The van der Waals surface area contributed by atoms with Crippen molar-refractivity contribution < 1.29 is 9.32 Å². The summed E-state index contributed by atoms with van der Waals surface area (Å²) in [5, 5.41) is 5.08. The van der Waals surface area contributed by atoms with Crippen molar-refractivity contribution in [1.82, 2.24) is 20.0 Å². The Morgan fingerprint density at radius 3 is 2.60 bits per heavy atom. The third kappa shape index (κ3) is 3.76. The van der Waals surface area contributed by atoms with Crippen LogP contribution in [0.5, 0.6) is 0 Å². The van der Waals surface area contributed by atoms with Crippen molar-refractivity contribution in [3.8, 4) is 0 Å². The van der Waals surface area contributed by atoms with Crippen molar-refractivity contribution in [3.63, 3.8) is 0 Å². The lowest BCUT2D eigenvalue weighted by Gasteiger charge is -2.30. The highest BCUT2D eigenvalue weighted by atomic mass is 32.1. The average molecular weight is 362 g/mol. The van der Waals surface area contributed by atoms with E-state index >= 15 is 0 Å². The number of aryl methyl sites for hydroxylation is 1. The summed E-state index contributed by atoms with van der Waals surface area (Å²) in [4.78, 5) is 24.7. The fraction of sp³-hybridized carbons (Fsp3) is 0.667. The van der Waals surface area contributed by atoms with Gasteiger partial charge in [0.05, 0.1) is 16.6 Å². The number of carbonyl (C=O) groups excluding carboxylic acids is 1. The normalized spacial score (nSPS) is 18.4. The lowest BCUT2D eigenvalue weighted by atomic mass is 9.97. The number of piperidine rings is 1. The molecule has 2 aromatic rings. The first-order valence-corrected chi connectivity index (χ1v) is 9.78. The Morgan fingerprint density at radius 2 is 2.00 bits per heavy atom. The van der Waals surface area contributed by atoms with Gasteiger partial charge in [0, 0.05) is 24.9 Å². The lowest BCUT2D eigenvalue weighted by Crippen LogP contribution is -2.39. The van der Waals surface area contributed by atoms with Gasteiger partial charge in [-0.05, 0) is 19.8 Å². The van der Waals surface area contributed by atoms with Crippen LogP contribution < -0.4 is 0 Å². The summed E-state index contributed by atoms with van der Waals surface area (Å²) in [6.45, 7) is 11.6. The Bertz CT molecular complexity index is 750. The topological polar surface area (TPSA) is 72.1 Å². The smallest absolute Gasteiger partial charge is 0.265 e. The van der Waals surface area contributed by atoms with Gasteiger partial charge < -0.3 is 9.42 Å². The Labute approximate surface area is 152 Å². The number of amides is 1. The predicted molar refractivity (Wildman–Crippen MR) is 97.2 cm³/mol. The SMILES string of the molecule is Cc1nc(C(C)C)sc1C(=O)N1CCCC(c2nc(C(C)C)no2)C1. The Morgan fingerprint density at radius 1 is 1.24 bits per heavy atom. The lowest BCUT2D eigenvalue weighted by molar-refractivity contribution is 0.0699. The molecule has 3 heterocycles. The number of thiazole rings is 1. The summed E-state index contributed by atoms with van der Waals surface area (Å²) < 4.78 is 5.45. The number of carbonyl (C=O) groups is 1. The van der Waals surface area contributed by atoms with E-state index in [4.69, 9.17) is 4.52 Å². The molecule has 0 bridgehead atoms. The predicted octanol–water partition coefficient (Wildman–Crippen LogP) is 4.10. The number of likely N-dealkylation sites (tertiary alicyclic amines) is 1. The van der Waals surface area contributed by atoms with Crippen LogP contribution in [0, 0.1) is 6.92 Å². The third-order valence-corrected chi connectivity index (χ3v) is 5.98. The van der Waals surface area contributed by atoms with E-state index in [2.05, 4.69) is 29.0 Å². The number of hydrogen-bond acceptors (Lipinski definition) is 6. The first kappa shape index (κ1) is 18.0. The monoisotopic (exact) mass is 362 g/mol. The number of aromatic nitrogens is 3. The van der Waals surface area contributed by atoms with E-state index in [1.54, 1.807) is 0 Å². The Hall–Kier alpha value is -1.76. The van der Waals surface area contributed by atoms with E-state index in [9.17, 15) is 4.79 Å². The van der Waals surface area contributed by atoms with E-state index in [1.807, 2.05) is 25.7 Å². The first-order chi connectivity index (χ1) is 11.9. The minimum absolute atomic E-state index is 0.0789. The van der Waals surface area contributed by atoms with E-state index in [1.165, 1.54) is 11.3 Å². The van der Waals surface area contributed by atoms with Gasteiger partial charge in [-0.1, -0.05) is 32.9 Å². The fourth-order valence-electron chi connectivity index (χ4n) is 3.02. The molecule has 0 radical (unpaired) electrons. The van der Waals surface area contributed by atoms with Gasteiger partial charge in [-0.15, -0.1) is 11.3 Å². The second-order valence-corrected chi connectivity index (χ2v) is 8.39. The molecule has 1 aliphatic heterocycles. The van der Waals surface area contributed by atoms with Gasteiger partial charge in [-0.25, -0.2) is 4.98 Å². The van der Waals surface area contributed by atoms with Crippen molar-refractivity contribution in [2.24, 2.45) is 0 Å². The molecule has 7 heteroatoms. The summed E-state index contributed by atoms with van der Waals surface area (Å²) in [7, 11) is 0. The summed E-state index contributed by atoms with van der Waals surface area (Å²) in [6, 6.07) is 0. The maximum Gasteiger partial charge on any atom is 0.265 e. The largest absolute Gasteiger partial charge is 0.339 e. The quantitative estimate of drug-likeness (QED) is 0.819. The molecule has 1 saturated heterocycles. The molecule has 0 aromatic carbocycles. The number of rotatable bonds is 4. The van der Waals surface area contributed by atoms with Crippen LogP contribution in [0.15, 0.2) is 4.52 Å². The molecule has 0 saturated carbocycles. The van der Waals surface area contributed by atoms with Crippen LogP contribution in [0.3, 0.4) is 0 Å². The van der Waals surface area contributed by atoms with Crippen molar-refractivity contribution in [2.75, 3.05) is 13.1 Å². The van der Waals surface area contributed by atoms with Gasteiger partial charge >= 0.3 is 0 Å². The van der Waals surface area contributed by atoms with Gasteiger partial charge in [0.25, 0.3) is 5.91 Å². The van der Waals surface area contributed by atoms with Crippen LogP contribution in [-0.2, 0) is 0 Å². The fourth-order valence-corrected chi connectivity index (χ4v) is 4.05. The van der Waals surface area contributed by atoms with E-state index < -0.39 is 0 Å². The highest BCUT2D eigenvalue weighted by molar-refractivity contribution is 7.13. The van der Waals surface area contributed by atoms with Gasteiger partial charge in [-0.3, -0.25) is 4.79 Å². The molecule has 0 spiro atoms. The number of hydrogen-bond donors (Lipinski definition) is 0. The van der Waals surface area contributed by atoms with E-state index in [-0.39, 0.29) is 17.7 Å². The molecule has 25 heavy (non-hydrogen) atoms. The molecule has 0 aliphatic carbocycles. The molecule has 1 fully saturated rings. The maximum atomic E-state index is 13.0. The van der Waals surface area contributed by atoms with Crippen molar-refractivity contribution in [3.05, 3.63) is 27.3 Å². The zero-order valence-corrected chi connectivity index (χ0v) is 16.4. The highest BCUT2D eigenvalue weighted by Gasteiger charge is 2.31. The molecule has 3 rings (SSSR count). The minimum Gasteiger partial charge on any atom is -0.339 e. The number of nitrogens with zero attached hydrogens (tertiary/aromatic N) is 4. The molecule has 136 valence electrons. The van der Waals surface area contributed by atoms with Gasteiger partial charge in [0.2, 0.25) is 5.89 Å². The Kier molecular flexibility index (Phi) is 5.22. The highest BCUT2D eigenvalue weighted by Crippen LogP contribution is 2.30. The summed E-state index contributed by atoms with van der Waals surface area (Å²) in [6.07, 6.45) is 1.92. The zero-order valence-electron chi connectivity index (χ0n) is 15.6. The molecule has 6 nitrogen and oxygen atoms in total. The van der Waals surface area contributed by atoms with Crippen LogP contribution >= 0.6 is 11.3 Å². The Balaban J connectivity index is 1.75. The van der Waals surface area contributed by atoms with Crippen LogP contribution in [0.2, 0.25) is 0 Å². The third-order valence-electron chi connectivity index (χ3n) is 4.53. The van der Waals surface area contributed by atoms with Gasteiger partial charge in [0.15, 0.2) is 5.82 Å². The van der Waals surface area contributed by atoms with Crippen LogP contribution in [0.25, 0.3) is 0 Å². The molecular weight excluding hydrogens is 336 g/mol. The van der Waals surface area contributed by atoms with Crippen LogP contribution in [-0.4, -0.2) is 39.0 Å². The van der Waals surface area contributed by atoms with Crippen LogP contribution in [0.4, 0.5) is 0 Å². The molecule has 1 aliphatic rings. The molecule has 1 atom stereocenters. The average Bonchev–Trinajstić information content (AvgIpc) is 3.21. The maximum absolute atomic E-state index is 13.0. The standard InChI is InChI=1S/C18H26N4O2S/c1-10(2)15-20-16(24-21-15)13-7-6-8-22(9-13)18(23)14-12(5)19-17(25-14)11(3)4/h10-11,13H,6-9H2,1-5H3. The zero-order chi connectivity index (χ0) is 18.1. The molecule has 1 unspecified atom stereocenters.